The highest BCUT2D eigenvalue weighted by atomic mass is 32.2. The fraction of sp³-hybridized carbons (Fsp3) is 0.429. The molecule has 0 bridgehead atoms. The summed E-state index contributed by atoms with van der Waals surface area (Å²) in [6, 6.07) is 7.41. The van der Waals surface area contributed by atoms with Crippen LogP contribution >= 0.6 is 11.3 Å². The first-order valence-electron chi connectivity index (χ1n) is 10.3. The molecule has 0 N–H and O–H groups in total. The van der Waals surface area contributed by atoms with E-state index in [0.717, 1.165) is 56.2 Å². The van der Waals surface area contributed by atoms with Gasteiger partial charge in [-0.3, -0.25) is 9.88 Å². The number of benzene rings is 1. The van der Waals surface area contributed by atoms with Crippen LogP contribution in [0.2, 0.25) is 0 Å². The molecular weight excluding hydrogens is 420 g/mol. The minimum Gasteiger partial charge on any atom is -0.381 e. The Hall–Kier alpha value is -2.07. The maximum absolute atomic E-state index is 13.9. The van der Waals surface area contributed by atoms with E-state index >= 15 is 0 Å². The molecule has 0 radical (unpaired) electrons. The van der Waals surface area contributed by atoms with Crippen LogP contribution in [0.15, 0.2) is 53.1 Å². The SMILES string of the molecule is O=S(=O)(c1ccc2cnccc2c1)N(c1nccs1)C1CCCN1C1CCOCC1. The molecular formula is C21H24N4O3S2. The highest BCUT2D eigenvalue weighted by Gasteiger charge is 2.42. The summed E-state index contributed by atoms with van der Waals surface area (Å²) in [6.07, 6.45) is 8.52. The summed E-state index contributed by atoms with van der Waals surface area (Å²) < 4.78 is 34.9. The second-order valence-corrected chi connectivity index (χ2v) is 10.4. The number of nitrogens with zero attached hydrogens (tertiary/aromatic N) is 4. The summed E-state index contributed by atoms with van der Waals surface area (Å²) >= 11 is 1.37. The van der Waals surface area contributed by atoms with Crippen molar-refractivity contribution in [1.29, 1.82) is 0 Å². The van der Waals surface area contributed by atoms with Gasteiger partial charge in [0.05, 0.1) is 4.90 Å². The number of rotatable bonds is 5. The Labute approximate surface area is 180 Å². The number of sulfonamides is 1. The Bertz CT molecular complexity index is 1110. The largest absolute Gasteiger partial charge is 0.381 e. The van der Waals surface area contributed by atoms with Gasteiger partial charge in [-0.15, -0.1) is 11.3 Å². The van der Waals surface area contributed by atoms with Crippen LogP contribution in [0.25, 0.3) is 10.8 Å². The van der Waals surface area contributed by atoms with E-state index in [0.29, 0.717) is 11.2 Å². The summed E-state index contributed by atoms with van der Waals surface area (Å²) in [6.45, 7) is 2.36. The molecule has 5 rings (SSSR count). The average molecular weight is 445 g/mol. The van der Waals surface area contributed by atoms with Gasteiger partial charge in [0.2, 0.25) is 5.13 Å². The van der Waals surface area contributed by atoms with Crippen molar-refractivity contribution in [1.82, 2.24) is 14.9 Å². The normalized spacial score (nSPS) is 21.3. The van der Waals surface area contributed by atoms with Crippen molar-refractivity contribution in [3.63, 3.8) is 0 Å². The molecule has 2 aromatic heterocycles. The molecule has 7 nitrogen and oxygen atoms in total. The minimum absolute atomic E-state index is 0.225. The molecule has 2 aliphatic rings. The van der Waals surface area contributed by atoms with E-state index in [1.807, 2.05) is 17.5 Å². The molecule has 2 fully saturated rings. The molecule has 3 aromatic rings. The van der Waals surface area contributed by atoms with Gasteiger partial charge < -0.3 is 4.74 Å². The van der Waals surface area contributed by atoms with Gasteiger partial charge in [-0.2, -0.15) is 0 Å². The number of thiazole rings is 1. The van der Waals surface area contributed by atoms with E-state index in [1.54, 1.807) is 35.0 Å². The number of pyridine rings is 1. The van der Waals surface area contributed by atoms with E-state index in [2.05, 4.69) is 14.9 Å². The fourth-order valence-electron chi connectivity index (χ4n) is 4.52. The van der Waals surface area contributed by atoms with Gasteiger partial charge in [-0.05, 0) is 49.3 Å². The van der Waals surface area contributed by atoms with Crippen LogP contribution in [0, 0.1) is 0 Å². The monoisotopic (exact) mass is 444 g/mol. The Kier molecular flexibility index (Phi) is 5.44. The number of ether oxygens (including phenoxy) is 1. The second kappa shape index (κ2) is 8.22. The predicted molar refractivity (Wildman–Crippen MR) is 117 cm³/mol. The number of hydrogen-bond donors (Lipinski definition) is 0. The van der Waals surface area contributed by atoms with Gasteiger partial charge >= 0.3 is 0 Å². The summed E-state index contributed by atoms with van der Waals surface area (Å²) in [5, 5.41) is 4.13. The summed E-state index contributed by atoms with van der Waals surface area (Å²) in [7, 11) is -3.78. The fourth-order valence-corrected chi connectivity index (χ4v) is 7.07. The van der Waals surface area contributed by atoms with E-state index in [1.165, 1.54) is 11.3 Å². The predicted octanol–water partition coefficient (Wildman–Crippen LogP) is 3.49. The molecule has 0 aliphatic carbocycles. The van der Waals surface area contributed by atoms with Crippen molar-refractivity contribution in [3.8, 4) is 0 Å². The summed E-state index contributed by atoms with van der Waals surface area (Å²) in [5.41, 5.74) is 0. The van der Waals surface area contributed by atoms with Gasteiger partial charge in [-0.25, -0.2) is 17.7 Å². The third-order valence-corrected chi connectivity index (χ3v) is 8.64. The number of likely N-dealkylation sites (tertiary alicyclic amines) is 1. The van der Waals surface area contributed by atoms with Gasteiger partial charge in [0.25, 0.3) is 10.0 Å². The first-order valence-corrected chi connectivity index (χ1v) is 12.6. The van der Waals surface area contributed by atoms with Crippen LogP contribution in [0.4, 0.5) is 5.13 Å². The van der Waals surface area contributed by atoms with Gasteiger partial charge in [0.1, 0.15) is 6.17 Å². The van der Waals surface area contributed by atoms with Crippen molar-refractivity contribution in [2.24, 2.45) is 0 Å². The van der Waals surface area contributed by atoms with E-state index in [-0.39, 0.29) is 11.1 Å². The zero-order valence-corrected chi connectivity index (χ0v) is 18.2. The van der Waals surface area contributed by atoms with Crippen LogP contribution in [-0.2, 0) is 14.8 Å². The molecule has 30 heavy (non-hydrogen) atoms. The molecule has 9 heteroatoms. The Morgan fingerprint density at radius 2 is 1.97 bits per heavy atom. The van der Waals surface area contributed by atoms with Crippen LogP contribution in [-0.4, -0.2) is 55.3 Å². The molecule has 2 saturated heterocycles. The highest BCUT2D eigenvalue weighted by Crippen LogP contribution is 2.36. The maximum atomic E-state index is 13.9. The summed E-state index contributed by atoms with van der Waals surface area (Å²) in [5.74, 6) is 0. The Morgan fingerprint density at radius 1 is 1.10 bits per heavy atom. The van der Waals surface area contributed by atoms with Crippen LogP contribution < -0.4 is 4.31 Å². The molecule has 1 unspecified atom stereocenters. The van der Waals surface area contributed by atoms with Gasteiger partial charge in [0, 0.05) is 55.2 Å². The van der Waals surface area contributed by atoms with Crippen molar-refractivity contribution in [3.05, 3.63) is 48.2 Å². The molecule has 1 atom stereocenters. The van der Waals surface area contributed by atoms with E-state index in [4.69, 9.17) is 4.74 Å². The van der Waals surface area contributed by atoms with Crippen LogP contribution in [0.1, 0.15) is 25.7 Å². The smallest absolute Gasteiger partial charge is 0.267 e. The molecule has 0 spiro atoms. The first-order chi connectivity index (χ1) is 14.6. The lowest BCUT2D eigenvalue weighted by molar-refractivity contribution is 0.0309. The first kappa shape index (κ1) is 19.9. The van der Waals surface area contributed by atoms with Crippen LogP contribution in [0.5, 0.6) is 0 Å². The Morgan fingerprint density at radius 3 is 2.77 bits per heavy atom. The zero-order chi connectivity index (χ0) is 20.6. The lowest BCUT2D eigenvalue weighted by atomic mass is 10.1. The van der Waals surface area contributed by atoms with Crippen molar-refractivity contribution < 1.29 is 13.2 Å². The molecule has 0 amide bonds. The van der Waals surface area contributed by atoms with E-state index in [9.17, 15) is 8.42 Å². The standard InChI is InChI=1S/C21H24N4O3S2/c26-30(27,19-4-3-17-15-22-8-5-16(17)14-19)25(21-23-9-13-29-21)20-2-1-10-24(20)18-6-11-28-12-7-18/h3-5,8-9,13-15,18,20H,1-2,6-7,10-12H2. The minimum atomic E-state index is -3.78. The summed E-state index contributed by atoms with van der Waals surface area (Å²) in [4.78, 5) is 11.2. The van der Waals surface area contributed by atoms with Crippen molar-refractivity contribution >= 4 is 37.3 Å². The molecule has 158 valence electrons. The zero-order valence-electron chi connectivity index (χ0n) is 16.6. The lowest BCUT2D eigenvalue weighted by Crippen LogP contribution is -2.52. The van der Waals surface area contributed by atoms with Gasteiger partial charge in [-0.1, -0.05) is 6.07 Å². The van der Waals surface area contributed by atoms with E-state index < -0.39 is 10.0 Å². The number of anilines is 1. The average Bonchev–Trinajstić information content (AvgIpc) is 3.47. The van der Waals surface area contributed by atoms with Crippen molar-refractivity contribution in [2.45, 2.75) is 42.8 Å². The molecule has 2 aliphatic heterocycles. The van der Waals surface area contributed by atoms with Gasteiger partial charge in [0.15, 0.2) is 0 Å². The third kappa shape index (κ3) is 3.60. The quantitative estimate of drug-likeness (QED) is 0.600. The third-order valence-electron chi connectivity index (χ3n) is 5.97. The van der Waals surface area contributed by atoms with Crippen molar-refractivity contribution in [2.75, 3.05) is 24.1 Å². The number of aromatic nitrogens is 2. The topological polar surface area (TPSA) is 75.6 Å². The molecule has 0 saturated carbocycles. The number of fused-ring (bicyclic) bond motifs is 1. The number of hydrogen-bond acceptors (Lipinski definition) is 7. The Balaban J connectivity index is 1.56. The second-order valence-electron chi connectivity index (χ2n) is 7.70. The maximum Gasteiger partial charge on any atom is 0.267 e. The van der Waals surface area contributed by atoms with Crippen LogP contribution in [0.3, 0.4) is 0 Å². The highest BCUT2D eigenvalue weighted by molar-refractivity contribution is 7.93. The molecule has 4 heterocycles. The molecule has 1 aromatic carbocycles. The lowest BCUT2D eigenvalue weighted by Gasteiger charge is -2.40.